The summed E-state index contributed by atoms with van der Waals surface area (Å²) in [6.45, 7) is 2.65. The van der Waals surface area contributed by atoms with E-state index < -0.39 is 6.10 Å². The SMILES string of the molecule is COCC(O)CNC(=O)C1=NCc2cc(CC(=O)C[C@H](C)c3ccccc3)ncc21. The van der Waals surface area contributed by atoms with Gasteiger partial charge in [0.25, 0.3) is 5.91 Å². The van der Waals surface area contributed by atoms with Gasteiger partial charge in [0.1, 0.15) is 11.5 Å². The number of aliphatic hydroxyl groups is 1. The van der Waals surface area contributed by atoms with Crippen molar-refractivity contribution < 1.29 is 19.4 Å². The van der Waals surface area contributed by atoms with Gasteiger partial charge in [0, 0.05) is 44.0 Å². The third kappa shape index (κ3) is 5.58. The molecule has 0 spiro atoms. The number of amides is 1. The van der Waals surface area contributed by atoms with Crippen LogP contribution in [0.3, 0.4) is 0 Å². The number of methoxy groups -OCH3 is 1. The summed E-state index contributed by atoms with van der Waals surface area (Å²) in [5.74, 6) is -0.0748. The topological polar surface area (TPSA) is 101 Å². The van der Waals surface area contributed by atoms with Gasteiger partial charge in [0.15, 0.2) is 0 Å². The van der Waals surface area contributed by atoms with E-state index in [0.29, 0.717) is 29.9 Å². The first kappa shape index (κ1) is 21.8. The Morgan fingerprint density at radius 3 is 2.77 bits per heavy atom. The van der Waals surface area contributed by atoms with Crippen LogP contribution >= 0.6 is 0 Å². The maximum absolute atomic E-state index is 12.5. The second kappa shape index (κ2) is 10.2. The van der Waals surface area contributed by atoms with Crippen LogP contribution in [-0.2, 0) is 27.3 Å². The predicted octanol–water partition coefficient (Wildman–Crippen LogP) is 1.81. The first-order valence-electron chi connectivity index (χ1n) is 10.0. The van der Waals surface area contributed by atoms with Crippen LogP contribution in [-0.4, -0.2) is 53.9 Å². The number of Topliss-reactive ketones (excluding diaryl/α,β-unsaturated/α-hetero) is 1. The number of hydrogen-bond acceptors (Lipinski definition) is 6. The number of rotatable bonds is 10. The van der Waals surface area contributed by atoms with E-state index in [1.807, 2.05) is 43.3 Å². The Balaban J connectivity index is 1.57. The second-order valence-electron chi connectivity index (χ2n) is 7.55. The van der Waals surface area contributed by atoms with E-state index in [4.69, 9.17) is 4.74 Å². The summed E-state index contributed by atoms with van der Waals surface area (Å²) in [5.41, 5.74) is 3.69. The molecule has 1 aromatic carbocycles. The average Bonchev–Trinajstić information content (AvgIpc) is 3.16. The Hall–Kier alpha value is -2.90. The van der Waals surface area contributed by atoms with Crippen LogP contribution in [0.25, 0.3) is 0 Å². The van der Waals surface area contributed by atoms with Gasteiger partial charge in [-0.05, 0) is 23.1 Å². The molecule has 158 valence electrons. The van der Waals surface area contributed by atoms with Crippen molar-refractivity contribution in [2.45, 2.75) is 38.3 Å². The van der Waals surface area contributed by atoms with Crippen molar-refractivity contribution in [1.82, 2.24) is 10.3 Å². The molecule has 0 saturated carbocycles. The smallest absolute Gasteiger partial charge is 0.270 e. The fourth-order valence-corrected chi connectivity index (χ4v) is 3.49. The molecular weight excluding hydrogens is 382 g/mol. The van der Waals surface area contributed by atoms with Crippen LogP contribution < -0.4 is 5.32 Å². The summed E-state index contributed by atoms with van der Waals surface area (Å²) < 4.78 is 4.84. The van der Waals surface area contributed by atoms with E-state index in [1.54, 1.807) is 6.20 Å². The number of nitrogens with one attached hydrogen (secondary N) is 1. The zero-order chi connectivity index (χ0) is 21.5. The summed E-state index contributed by atoms with van der Waals surface area (Å²) in [5, 5.41) is 12.3. The fourth-order valence-electron chi connectivity index (χ4n) is 3.49. The lowest BCUT2D eigenvalue weighted by Crippen LogP contribution is -2.38. The lowest BCUT2D eigenvalue weighted by atomic mass is 9.94. The molecule has 0 fully saturated rings. The molecule has 1 aromatic heterocycles. The normalized spacial score (nSPS) is 14.6. The highest BCUT2D eigenvalue weighted by atomic mass is 16.5. The highest BCUT2D eigenvalue weighted by molar-refractivity contribution is 6.46. The molecule has 0 saturated heterocycles. The summed E-state index contributed by atoms with van der Waals surface area (Å²) in [6.07, 6.45) is 1.55. The van der Waals surface area contributed by atoms with Gasteiger partial charge in [-0.25, -0.2) is 0 Å². The summed E-state index contributed by atoms with van der Waals surface area (Å²) in [4.78, 5) is 33.5. The minimum Gasteiger partial charge on any atom is -0.389 e. The number of aromatic nitrogens is 1. The molecule has 0 aliphatic carbocycles. The van der Waals surface area contributed by atoms with E-state index in [2.05, 4.69) is 15.3 Å². The number of pyridine rings is 1. The van der Waals surface area contributed by atoms with E-state index in [9.17, 15) is 14.7 Å². The summed E-state index contributed by atoms with van der Waals surface area (Å²) >= 11 is 0. The van der Waals surface area contributed by atoms with E-state index in [0.717, 1.165) is 11.1 Å². The van der Waals surface area contributed by atoms with Gasteiger partial charge < -0.3 is 15.2 Å². The van der Waals surface area contributed by atoms with Crippen molar-refractivity contribution in [1.29, 1.82) is 0 Å². The molecule has 1 unspecified atom stereocenters. The van der Waals surface area contributed by atoms with E-state index in [-0.39, 0.29) is 37.2 Å². The number of carbonyl (C=O) groups excluding carboxylic acids is 2. The van der Waals surface area contributed by atoms with Gasteiger partial charge in [-0.3, -0.25) is 19.6 Å². The first-order valence-corrected chi connectivity index (χ1v) is 10.0. The lowest BCUT2D eigenvalue weighted by molar-refractivity contribution is -0.119. The highest BCUT2D eigenvalue weighted by Crippen LogP contribution is 2.22. The first-order chi connectivity index (χ1) is 14.5. The van der Waals surface area contributed by atoms with Gasteiger partial charge in [-0.1, -0.05) is 37.3 Å². The molecule has 1 aliphatic heterocycles. The van der Waals surface area contributed by atoms with Crippen LogP contribution in [0, 0.1) is 0 Å². The zero-order valence-electron chi connectivity index (χ0n) is 17.3. The van der Waals surface area contributed by atoms with Gasteiger partial charge >= 0.3 is 0 Å². The zero-order valence-corrected chi connectivity index (χ0v) is 17.3. The number of ketones is 1. The number of aliphatic imine (C=N–C) groups is 1. The third-order valence-electron chi connectivity index (χ3n) is 5.06. The van der Waals surface area contributed by atoms with Crippen molar-refractivity contribution in [3.05, 3.63) is 65.0 Å². The number of hydrogen-bond donors (Lipinski definition) is 2. The highest BCUT2D eigenvalue weighted by Gasteiger charge is 2.24. The molecule has 2 aromatic rings. The Labute approximate surface area is 176 Å². The van der Waals surface area contributed by atoms with Gasteiger partial charge in [-0.15, -0.1) is 0 Å². The number of fused-ring (bicyclic) bond motifs is 1. The molecular formula is C23H27N3O4. The number of carbonyl (C=O) groups is 2. The molecule has 0 bridgehead atoms. The van der Waals surface area contributed by atoms with Crippen LogP contribution in [0.5, 0.6) is 0 Å². The van der Waals surface area contributed by atoms with E-state index in [1.165, 1.54) is 7.11 Å². The monoisotopic (exact) mass is 409 g/mol. The largest absolute Gasteiger partial charge is 0.389 e. The molecule has 3 rings (SSSR count). The van der Waals surface area contributed by atoms with Crippen LogP contribution in [0.1, 0.15) is 41.6 Å². The Morgan fingerprint density at radius 1 is 1.27 bits per heavy atom. The van der Waals surface area contributed by atoms with Crippen molar-refractivity contribution in [2.75, 3.05) is 20.3 Å². The molecule has 7 heteroatoms. The minimum atomic E-state index is -0.773. The third-order valence-corrected chi connectivity index (χ3v) is 5.06. The van der Waals surface area contributed by atoms with Crippen molar-refractivity contribution in [3.8, 4) is 0 Å². The molecule has 2 N–H and O–H groups in total. The number of nitrogens with zero attached hydrogens (tertiary/aromatic N) is 2. The van der Waals surface area contributed by atoms with E-state index >= 15 is 0 Å². The van der Waals surface area contributed by atoms with Gasteiger partial charge in [0.2, 0.25) is 0 Å². The Morgan fingerprint density at radius 2 is 2.03 bits per heavy atom. The number of benzene rings is 1. The fraction of sp³-hybridized carbons (Fsp3) is 0.391. The Bertz CT molecular complexity index is 927. The summed E-state index contributed by atoms with van der Waals surface area (Å²) in [6, 6.07) is 11.8. The average molecular weight is 409 g/mol. The Kier molecular flexibility index (Phi) is 7.43. The number of ether oxygens (including phenoxy) is 1. The molecule has 1 amide bonds. The van der Waals surface area contributed by atoms with Gasteiger partial charge in [0.05, 0.1) is 19.3 Å². The molecule has 0 radical (unpaired) electrons. The van der Waals surface area contributed by atoms with Crippen molar-refractivity contribution >= 4 is 17.4 Å². The maximum atomic E-state index is 12.5. The number of aliphatic hydroxyl groups excluding tert-OH is 1. The molecule has 1 aliphatic rings. The quantitative estimate of drug-likeness (QED) is 0.623. The molecule has 7 nitrogen and oxygen atoms in total. The molecule has 2 atom stereocenters. The van der Waals surface area contributed by atoms with Crippen LogP contribution in [0.15, 0.2) is 47.6 Å². The predicted molar refractivity (Wildman–Crippen MR) is 114 cm³/mol. The maximum Gasteiger partial charge on any atom is 0.270 e. The van der Waals surface area contributed by atoms with Crippen molar-refractivity contribution in [3.63, 3.8) is 0 Å². The second-order valence-corrected chi connectivity index (χ2v) is 7.55. The van der Waals surface area contributed by atoms with Gasteiger partial charge in [-0.2, -0.15) is 0 Å². The van der Waals surface area contributed by atoms with Crippen molar-refractivity contribution in [2.24, 2.45) is 4.99 Å². The van der Waals surface area contributed by atoms with Crippen LogP contribution in [0.4, 0.5) is 0 Å². The minimum absolute atomic E-state index is 0.0840. The standard InChI is InChI=1S/C23H27N3O4/c1-15(16-6-4-3-5-7-16)8-19(27)10-18-9-17-11-25-22(21(17)13-24-18)23(29)26-12-20(28)14-30-2/h3-7,9,13,15,20,28H,8,10-12,14H2,1-2H3,(H,26,29)/t15-,20?/m0/s1. The van der Waals surface area contributed by atoms with Crippen LogP contribution in [0.2, 0.25) is 0 Å². The lowest BCUT2D eigenvalue weighted by Gasteiger charge is -2.12. The molecule has 30 heavy (non-hydrogen) atoms. The molecule has 2 heterocycles. The summed E-state index contributed by atoms with van der Waals surface area (Å²) in [7, 11) is 1.48.